The quantitative estimate of drug-likeness (QED) is 0.214. The average Bonchev–Trinajstić information content (AvgIpc) is 3.13. The monoisotopic (exact) mass is 488 g/mol. The summed E-state index contributed by atoms with van der Waals surface area (Å²) < 4.78 is 12.5. The van der Waals surface area contributed by atoms with Crippen LogP contribution in [0, 0.1) is 34.5 Å². The molecule has 4 rings (SSSR count). The molecule has 0 aromatic carbocycles. The smallest absolute Gasteiger partial charge is 0.309 e. The molecule has 0 aromatic heterocycles. The molecule has 0 N–H and O–H groups in total. The summed E-state index contributed by atoms with van der Waals surface area (Å²) in [7, 11) is -0.284. The predicted molar refractivity (Wildman–Crippen MR) is 143 cm³/mol. The molecule has 34 heavy (non-hydrogen) atoms. The number of carbonyl (C=O) groups is 1. The van der Waals surface area contributed by atoms with Gasteiger partial charge in [0.2, 0.25) is 8.32 Å². The molecule has 3 nitrogen and oxygen atoms in total. The zero-order valence-electron chi connectivity index (χ0n) is 23.6. The van der Waals surface area contributed by atoms with E-state index in [-0.39, 0.29) is 17.3 Å². The first-order chi connectivity index (χ1) is 15.9. The van der Waals surface area contributed by atoms with Crippen LogP contribution in [0.3, 0.4) is 0 Å². The number of hydrogen-bond donors (Lipinski definition) is 0. The van der Waals surface area contributed by atoms with Gasteiger partial charge in [-0.1, -0.05) is 67.0 Å². The molecule has 4 aliphatic rings. The molecule has 0 spiro atoms. The summed E-state index contributed by atoms with van der Waals surface area (Å²) in [5.41, 5.74) is 4.10. The van der Waals surface area contributed by atoms with Crippen molar-refractivity contribution in [2.24, 2.45) is 34.5 Å². The highest BCUT2D eigenvalue weighted by Gasteiger charge is 2.60. The molecule has 0 radical (unpaired) electrons. The molecular weight excluding hydrogens is 436 g/mol. The van der Waals surface area contributed by atoms with Crippen molar-refractivity contribution in [1.82, 2.24) is 0 Å². The maximum absolute atomic E-state index is 12.6. The molecule has 194 valence electrons. The molecule has 0 aliphatic heterocycles. The van der Waals surface area contributed by atoms with E-state index >= 15 is 0 Å². The highest BCUT2D eigenvalue weighted by atomic mass is 28.4. The van der Waals surface area contributed by atoms with Gasteiger partial charge in [0.25, 0.3) is 0 Å². The summed E-state index contributed by atoms with van der Waals surface area (Å²) in [6.45, 7) is 19.4. The minimum Gasteiger partial charge on any atom is -0.469 e. The first-order valence-corrected chi connectivity index (χ1v) is 16.5. The van der Waals surface area contributed by atoms with Crippen LogP contribution in [0.15, 0.2) is 11.6 Å². The van der Waals surface area contributed by atoms with E-state index in [1.807, 2.05) is 0 Å². The van der Waals surface area contributed by atoms with E-state index in [4.69, 9.17) is 9.16 Å². The van der Waals surface area contributed by atoms with Crippen LogP contribution in [-0.2, 0) is 14.0 Å². The lowest BCUT2D eigenvalue weighted by Crippen LogP contribution is -2.53. The van der Waals surface area contributed by atoms with Crippen molar-refractivity contribution in [1.29, 1.82) is 0 Å². The van der Waals surface area contributed by atoms with Crippen molar-refractivity contribution >= 4 is 14.3 Å². The van der Waals surface area contributed by atoms with Crippen LogP contribution < -0.4 is 0 Å². The molecule has 0 amide bonds. The highest BCUT2D eigenvalue weighted by Crippen LogP contribution is 2.66. The Kier molecular flexibility index (Phi) is 7.28. The first kappa shape index (κ1) is 26.4. The maximum Gasteiger partial charge on any atom is 0.309 e. The summed E-state index contributed by atoms with van der Waals surface area (Å²) in [5.74, 6) is 2.31. The Bertz CT molecular complexity index is 779. The minimum atomic E-state index is -1.85. The lowest BCUT2D eigenvalue weighted by molar-refractivity contribution is -0.152. The van der Waals surface area contributed by atoms with Gasteiger partial charge in [-0.25, -0.2) is 0 Å². The second-order valence-electron chi connectivity index (χ2n) is 13.8. The fraction of sp³-hybridized carbons (Fsp3) is 0.900. The van der Waals surface area contributed by atoms with E-state index in [2.05, 4.69) is 61.5 Å². The number of fused-ring (bicyclic) bond motifs is 5. The molecule has 0 bridgehead atoms. The van der Waals surface area contributed by atoms with Crippen molar-refractivity contribution < 1.29 is 14.0 Å². The van der Waals surface area contributed by atoms with Crippen LogP contribution in [0.4, 0.5) is 0 Å². The number of allylic oxidation sites excluding steroid dienone is 1. The van der Waals surface area contributed by atoms with Gasteiger partial charge in [0, 0.05) is 6.10 Å². The normalized spacial score (nSPS) is 40.1. The summed E-state index contributed by atoms with van der Waals surface area (Å²) in [6.07, 6.45) is 12.6. The summed E-state index contributed by atoms with van der Waals surface area (Å²) in [5, 5.41) is 0. The Balaban J connectivity index is 1.54. The summed E-state index contributed by atoms with van der Waals surface area (Å²) >= 11 is 0. The summed E-state index contributed by atoms with van der Waals surface area (Å²) in [6, 6.07) is 0. The third-order valence-corrected chi connectivity index (χ3v) is 17.8. The molecular formula is C30H52O3Si. The van der Waals surface area contributed by atoms with Crippen molar-refractivity contribution in [2.75, 3.05) is 7.11 Å². The minimum absolute atomic E-state index is 0.0347. The topological polar surface area (TPSA) is 35.5 Å². The average molecular weight is 489 g/mol. The van der Waals surface area contributed by atoms with E-state index in [1.165, 1.54) is 38.5 Å². The van der Waals surface area contributed by atoms with Gasteiger partial charge in [-0.3, -0.25) is 4.79 Å². The van der Waals surface area contributed by atoms with Gasteiger partial charge in [0.1, 0.15) is 0 Å². The van der Waals surface area contributed by atoms with Crippen LogP contribution in [-0.4, -0.2) is 27.5 Å². The van der Waals surface area contributed by atoms with E-state index in [0.29, 0.717) is 34.1 Å². The van der Waals surface area contributed by atoms with Crippen molar-refractivity contribution in [3.63, 3.8) is 0 Å². The number of esters is 1. The zero-order valence-corrected chi connectivity index (χ0v) is 24.6. The fourth-order valence-corrected chi connectivity index (χ4v) is 15.5. The lowest BCUT2D eigenvalue weighted by Gasteiger charge is -2.58. The molecule has 4 aliphatic carbocycles. The second kappa shape index (κ2) is 9.36. The van der Waals surface area contributed by atoms with Gasteiger partial charge < -0.3 is 9.16 Å². The molecule has 4 heteroatoms. The lowest BCUT2D eigenvalue weighted by atomic mass is 9.47. The number of hydrogen-bond acceptors (Lipinski definition) is 3. The van der Waals surface area contributed by atoms with E-state index in [9.17, 15) is 4.79 Å². The molecule has 3 fully saturated rings. The SMILES string of the molecule is COC(=O)[C@H]1CC[C@H]2[C@@H]3CC=C4CC(O[Si](C(C)C)(C(C)C)C(C)C)CC[C@]4(C)[C@H]3CC[C@]12C. The number of carbonyl (C=O) groups excluding carboxylic acids is 1. The van der Waals surface area contributed by atoms with E-state index < -0.39 is 8.32 Å². The predicted octanol–water partition coefficient (Wildman–Crippen LogP) is 8.30. The third kappa shape index (κ3) is 3.88. The fourth-order valence-electron chi connectivity index (χ4n) is 9.95. The largest absolute Gasteiger partial charge is 0.469 e. The Morgan fingerprint density at radius 1 is 0.941 bits per heavy atom. The Morgan fingerprint density at radius 2 is 1.59 bits per heavy atom. The molecule has 0 saturated heterocycles. The Morgan fingerprint density at radius 3 is 2.18 bits per heavy atom. The molecule has 7 atom stereocenters. The van der Waals surface area contributed by atoms with Crippen LogP contribution in [0.2, 0.25) is 16.6 Å². The Labute approximate surface area is 211 Å². The van der Waals surface area contributed by atoms with Crippen molar-refractivity contribution in [3.8, 4) is 0 Å². The number of methoxy groups -OCH3 is 1. The van der Waals surface area contributed by atoms with Gasteiger partial charge in [0.05, 0.1) is 13.0 Å². The van der Waals surface area contributed by atoms with Crippen molar-refractivity contribution in [3.05, 3.63) is 11.6 Å². The third-order valence-electron chi connectivity index (χ3n) is 11.6. The van der Waals surface area contributed by atoms with Gasteiger partial charge >= 0.3 is 5.97 Å². The van der Waals surface area contributed by atoms with Gasteiger partial charge in [-0.15, -0.1) is 0 Å². The molecule has 0 heterocycles. The standard InChI is InChI=1S/C30H52O3Si/c1-19(2)34(20(3)4,21(5)6)33-23-14-16-29(7)22(18-23)10-11-24-25-12-13-27(28(31)32-9)30(25,8)17-15-26(24)29/h10,19-21,23-27H,11-18H2,1-9H3/t23?,24-,25-,26-,27+,29-,30-/m0/s1. The molecule has 0 aromatic rings. The Hall–Kier alpha value is -0.613. The second-order valence-corrected chi connectivity index (χ2v) is 19.2. The van der Waals surface area contributed by atoms with Crippen LogP contribution in [0.25, 0.3) is 0 Å². The number of rotatable bonds is 6. The zero-order chi connectivity index (χ0) is 25.1. The van der Waals surface area contributed by atoms with E-state index in [1.54, 1.807) is 12.7 Å². The highest BCUT2D eigenvalue weighted by molar-refractivity contribution is 6.77. The number of ether oxygens (including phenoxy) is 1. The van der Waals surface area contributed by atoms with E-state index in [0.717, 1.165) is 24.7 Å². The van der Waals surface area contributed by atoms with Crippen LogP contribution in [0.1, 0.15) is 107 Å². The van der Waals surface area contributed by atoms with Crippen LogP contribution >= 0.6 is 0 Å². The van der Waals surface area contributed by atoms with Gasteiger partial charge in [-0.05, 0) is 96.6 Å². The first-order valence-electron chi connectivity index (χ1n) is 14.4. The van der Waals surface area contributed by atoms with Gasteiger partial charge in [-0.2, -0.15) is 0 Å². The maximum atomic E-state index is 12.6. The summed E-state index contributed by atoms with van der Waals surface area (Å²) in [4.78, 5) is 12.6. The van der Waals surface area contributed by atoms with Gasteiger partial charge in [0.15, 0.2) is 0 Å². The molecule has 3 saturated carbocycles. The molecule has 1 unspecified atom stereocenters. The van der Waals surface area contributed by atoms with Crippen LogP contribution in [0.5, 0.6) is 0 Å². The van der Waals surface area contributed by atoms with Crippen molar-refractivity contribution in [2.45, 2.75) is 129 Å².